The van der Waals surface area contributed by atoms with E-state index >= 15 is 0 Å². The van der Waals surface area contributed by atoms with Gasteiger partial charge in [0.15, 0.2) is 17.4 Å². The van der Waals surface area contributed by atoms with Crippen molar-refractivity contribution in [2.24, 2.45) is 35.5 Å². The molecule has 0 aromatic heterocycles. The Hall–Kier alpha value is -0.320. The first kappa shape index (κ1) is 39.5. The molecule has 8 heteroatoms. The minimum Gasteiger partial charge on any atom is -0.393 e. The Labute approximate surface area is 287 Å². The molecule has 0 aliphatic carbocycles. The zero-order valence-corrected chi connectivity index (χ0v) is 32.3. The number of aliphatic hydroxyl groups is 1. The van der Waals surface area contributed by atoms with Crippen molar-refractivity contribution in [1.29, 1.82) is 0 Å². The third kappa shape index (κ3) is 9.93. The molecular formula is C39H72O8. The van der Waals surface area contributed by atoms with Crippen molar-refractivity contribution < 1.29 is 38.3 Å². The molecule has 0 saturated carbocycles. The molecule has 0 bridgehead atoms. The quantitative estimate of drug-likeness (QED) is 0.223. The van der Waals surface area contributed by atoms with Crippen LogP contribution < -0.4 is 0 Å². The summed E-state index contributed by atoms with van der Waals surface area (Å²) in [5, 5.41) is 10.0. The van der Waals surface area contributed by atoms with Crippen LogP contribution in [0.1, 0.15) is 141 Å². The van der Waals surface area contributed by atoms with Gasteiger partial charge in [0, 0.05) is 32.3 Å². The second kappa shape index (κ2) is 15.9. The Morgan fingerprint density at radius 1 is 0.681 bits per heavy atom. The summed E-state index contributed by atoms with van der Waals surface area (Å²) in [4.78, 5) is 0. The number of ether oxygens (including phenoxy) is 7. The molecule has 1 spiro atoms. The van der Waals surface area contributed by atoms with Crippen LogP contribution >= 0.6 is 0 Å². The van der Waals surface area contributed by atoms with E-state index in [1.165, 1.54) is 0 Å². The fourth-order valence-corrected chi connectivity index (χ4v) is 8.74. The first-order chi connectivity index (χ1) is 21.9. The lowest BCUT2D eigenvalue weighted by atomic mass is 9.79. The SMILES string of the molecule is CO[C@@H]1[C@@H](C(C)C)OC(C)(C)O[C@@H]1C[C@@H]1OC(C)(C)O[C@@H](CC[C@@H](C)[C@@H]2O[C@]3(CC[C@@H](C)[C@H](CC[C@H](C)C(C)O)O3)CC[C@@H]2C)[C@@H]1C. The van der Waals surface area contributed by atoms with Crippen molar-refractivity contribution in [3.63, 3.8) is 0 Å². The number of rotatable bonds is 12. The van der Waals surface area contributed by atoms with Crippen LogP contribution in [0.15, 0.2) is 0 Å². The molecule has 4 fully saturated rings. The van der Waals surface area contributed by atoms with Gasteiger partial charge in [0.2, 0.25) is 0 Å². The smallest absolute Gasteiger partial charge is 0.169 e. The fourth-order valence-electron chi connectivity index (χ4n) is 8.74. The van der Waals surface area contributed by atoms with Crippen LogP contribution in [0.4, 0.5) is 0 Å². The molecule has 4 heterocycles. The molecule has 0 aromatic carbocycles. The van der Waals surface area contributed by atoms with Gasteiger partial charge in [-0.2, -0.15) is 0 Å². The van der Waals surface area contributed by atoms with E-state index < -0.39 is 17.4 Å². The molecular weight excluding hydrogens is 596 g/mol. The van der Waals surface area contributed by atoms with Crippen LogP contribution in [-0.4, -0.2) is 78.4 Å². The topological polar surface area (TPSA) is 84.8 Å². The molecule has 1 N–H and O–H groups in total. The second-order valence-electron chi connectivity index (χ2n) is 17.4. The van der Waals surface area contributed by atoms with Crippen LogP contribution in [0.25, 0.3) is 0 Å². The van der Waals surface area contributed by atoms with Crippen molar-refractivity contribution in [2.75, 3.05) is 7.11 Å². The Morgan fingerprint density at radius 3 is 1.87 bits per heavy atom. The Bertz CT molecular complexity index is 965. The van der Waals surface area contributed by atoms with Crippen molar-refractivity contribution in [3.05, 3.63) is 0 Å². The molecule has 0 aromatic rings. The second-order valence-corrected chi connectivity index (χ2v) is 17.4. The first-order valence-corrected chi connectivity index (χ1v) is 19.1. The van der Waals surface area contributed by atoms with Gasteiger partial charge in [-0.25, -0.2) is 0 Å². The highest BCUT2D eigenvalue weighted by molar-refractivity contribution is 4.94. The third-order valence-corrected chi connectivity index (χ3v) is 12.1. The maximum Gasteiger partial charge on any atom is 0.169 e. The first-order valence-electron chi connectivity index (χ1n) is 19.1. The van der Waals surface area contributed by atoms with Gasteiger partial charge in [0.1, 0.15) is 6.10 Å². The minimum atomic E-state index is -0.683. The zero-order valence-electron chi connectivity index (χ0n) is 32.3. The van der Waals surface area contributed by atoms with E-state index in [2.05, 4.69) is 48.5 Å². The van der Waals surface area contributed by atoms with Crippen molar-refractivity contribution >= 4 is 0 Å². The summed E-state index contributed by atoms with van der Waals surface area (Å²) in [6.45, 7) is 25.7. The van der Waals surface area contributed by atoms with Crippen LogP contribution in [-0.2, 0) is 33.2 Å². The van der Waals surface area contributed by atoms with Gasteiger partial charge < -0.3 is 38.3 Å². The molecule has 4 rings (SSSR count). The predicted molar refractivity (Wildman–Crippen MR) is 185 cm³/mol. The van der Waals surface area contributed by atoms with E-state index in [0.717, 1.165) is 57.8 Å². The molecule has 8 nitrogen and oxygen atoms in total. The molecule has 4 aliphatic rings. The number of hydrogen-bond donors (Lipinski definition) is 1. The predicted octanol–water partition coefficient (Wildman–Crippen LogP) is 8.26. The van der Waals surface area contributed by atoms with Gasteiger partial charge in [-0.05, 0) is 103 Å². The summed E-state index contributed by atoms with van der Waals surface area (Å²) in [6.07, 6.45) is 8.58. The minimum absolute atomic E-state index is 0.0253. The highest BCUT2D eigenvalue weighted by Gasteiger charge is 2.50. The Balaban J connectivity index is 1.39. The average molecular weight is 669 g/mol. The van der Waals surface area contributed by atoms with Gasteiger partial charge >= 0.3 is 0 Å². The number of hydrogen-bond acceptors (Lipinski definition) is 8. The molecule has 4 aliphatic heterocycles. The summed E-state index contributed by atoms with van der Waals surface area (Å²) >= 11 is 0. The van der Waals surface area contributed by atoms with E-state index in [1.54, 1.807) is 7.11 Å². The van der Waals surface area contributed by atoms with E-state index in [-0.39, 0.29) is 60.7 Å². The van der Waals surface area contributed by atoms with Gasteiger partial charge in [-0.1, -0.05) is 48.5 Å². The van der Waals surface area contributed by atoms with E-state index in [9.17, 15) is 5.11 Å². The Morgan fingerprint density at radius 2 is 1.26 bits per heavy atom. The summed E-state index contributed by atoms with van der Waals surface area (Å²) in [5.74, 6) is 0.311. The molecule has 1 unspecified atom stereocenters. The molecule has 276 valence electrons. The summed E-state index contributed by atoms with van der Waals surface area (Å²) < 4.78 is 46.0. The van der Waals surface area contributed by atoms with Crippen LogP contribution in [0.5, 0.6) is 0 Å². The average Bonchev–Trinajstić information content (AvgIpc) is 2.98. The highest BCUT2D eigenvalue weighted by Crippen LogP contribution is 2.46. The highest BCUT2D eigenvalue weighted by atomic mass is 16.7. The molecule has 0 radical (unpaired) electrons. The van der Waals surface area contributed by atoms with Gasteiger partial charge in [-0.15, -0.1) is 0 Å². The fraction of sp³-hybridized carbons (Fsp3) is 1.00. The molecule has 14 atom stereocenters. The van der Waals surface area contributed by atoms with Gasteiger partial charge in [0.25, 0.3) is 0 Å². The maximum atomic E-state index is 10.0. The van der Waals surface area contributed by atoms with Gasteiger partial charge in [-0.3, -0.25) is 0 Å². The van der Waals surface area contributed by atoms with E-state index in [0.29, 0.717) is 23.7 Å². The summed E-state index contributed by atoms with van der Waals surface area (Å²) in [7, 11) is 1.76. The standard InChI is InChI=1S/C39H72O8/c1-23(2)34-36(41-13)33(44-38(11,12)46-34)22-32-28(7)31(42-37(9,10)43-32)17-15-26(5)35-27(6)19-21-39(47-35)20-18-25(4)30(45-39)16-14-24(3)29(8)40/h23-36,40H,14-22H2,1-13H3/t24-,25+,26+,27-,28-,29?,30-,31-,32-,33+,34+,35-,36-,39+/m0/s1. The van der Waals surface area contributed by atoms with E-state index in [1.807, 2.05) is 34.6 Å². The van der Waals surface area contributed by atoms with Crippen LogP contribution in [0.2, 0.25) is 0 Å². The Kier molecular flexibility index (Phi) is 13.4. The maximum absolute atomic E-state index is 10.0. The molecule has 4 saturated heterocycles. The van der Waals surface area contributed by atoms with Crippen molar-refractivity contribution in [2.45, 2.75) is 207 Å². The lowest BCUT2D eigenvalue weighted by Crippen LogP contribution is -2.59. The van der Waals surface area contributed by atoms with Crippen LogP contribution in [0.3, 0.4) is 0 Å². The largest absolute Gasteiger partial charge is 0.393 e. The monoisotopic (exact) mass is 669 g/mol. The van der Waals surface area contributed by atoms with Crippen molar-refractivity contribution in [1.82, 2.24) is 0 Å². The van der Waals surface area contributed by atoms with E-state index in [4.69, 9.17) is 33.2 Å². The lowest BCUT2D eigenvalue weighted by Gasteiger charge is -2.51. The van der Waals surface area contributed by atoms with Crippen LogP contribution in [0, 0.1) is 35.5 Å². The molecule has 47 heavy (non-hydrogen) atoms. The van der Waals surface area contributed by atoms with Crippen molar-refractivity contribution in [3.8, 4) is 0 Å². The van der Waals surface area contributed by atoms with Gasteiger partial charge in [0.05, 0.1) is 42.7 Å². The number of methoxy groups -OCH3 is 1. The normalized spacial score (nSPS) is 42.7. The zero-order chi connectivity index (χ0) is 34.9. The summed E-state index contributed by atoms with van der Waals surface area (Å²) in [5.41, 5.74) is 0. The number of aliphatic hydroxyl groups excluding tert-OH is 1. The lowest BCUT2D eigenvalue weighted by molar-refractivity contribution is -0.359. The third-order valence-electron chi connectivity index (χ3n) is 12.1. The summed E-state index contributed by atoms with van der Waals surface area (Å²) in [6, 6.07) is 0. The molecule has 0 amide bonds.